The Morgan fingerprint density at radius 1 is 1.04 bits per heavy atom. The van der Waals surface area contributed by atoms with E-state index in [2.05, 4.69) is 36.4 Å². The summed E-state index contributed by atoms with van der Waals surface area (Å²) < 4.78 is 5.82. The van der Waals surface area contributed by atoms with Gasteiger partial charge in [0, 0.05) is 29.1 Å². The second-order valence-corrected chi connectivity index (χ2v) is 7.90. The average molecular weight is 373 g/mol. The molecule has 3 heterocycles. The zero-order chi connectivity index (χ0) is 18.2. The van der Waals surface area contributed by atoms with Gasteiger partial charge in [0.25, 0.3) is 5.91 Å². The van der Waals surface area contributed by atoms with Gasteiger partial charge in [0.05, 0.1) is 4.88 Å². The van der Waals surface area contributed by atoms with Crippen molar-refractivity contribution in [2.75, 3.05) is 13.1 Å². The molecule has 0 unspecified atom stereocenters. The highest BCUT2D eigenvalue weighted by molar-refractivity contribution is 7.17. The largest absolute Gasteiger partial charge is 0.488 e. The number of ether oxygens (including phenoxy) is 1. The molecule has 3 aromatic rings. The van der Waals surface area contributed by atoms with Gasteiger partial charge in [-0.25, -0.2) is 0 Å². The standard InChI is InChI=1S/C23H19NO2S/c25-23(24-12-10-17(11-13-24)16-6-2-1-3-7-16)21-14-18-15-26-20-9-5-4-8-19(20)22(18)27-21/h1-10,14H,11-13,15H2. The quantitative estimate of drug-likeness (QED) is 0.615. The van der Waals surface area contributed by atoms with E-state index in [0.29, 0.717) is 13.2 Å². The molecule has 134 valence electrons. The van der Waals surface area contributed by atoms with Gasteiger partial charge in [-0.3, -0.25) is 4.79 Å². The van der Waals surface area contributed by atoms with Gasteiger partial charge < -0.3 is 9.64 Å². The molecule has 0 atom stereocenters. The van der Waals surface area contributed by atoms with Crippen molar-refractivity contribution in [1.29, 1.82) is 0 Å². The van der Waals surface area contributed by atoms with Gasteiger partial charge in [-0.2, -0.15) is 0 Å². The van der Waals surface area contributed by atoms with Crippen molar-refractivity contribution in [2.24, 2.45) is 0 Å². The maximum absolute atomic E-state index is 13.0. The van der Waals surface area contributed by atoms with Crippen LogP contribution in [0.3, 0.4) is 0 Å². The molecule has 4 heteroatoms. The van der Waals surface area contributed by atoms with E-state index in [9.17, 15) is 4.79 Å². The molecular weight excluding hydrogens is 354 g/mol. The number of carbonyl (C=O) groups excluding carboxylic acids is 1. The van der Waals surface area contributed by atoms with Crippen LogP contribution in [0, 0.1) is 0 Å². The van der Waals surface area contributed by atoms with Gasteiger partial charge in [0.2, 0.25) is 0 Å². The first kappa shape index (κ1) is 16.3. The van der Waals surface area contributed by atoms with Crippen LogP contribution < -0.4 is 4.74 Å². The van der Waals surface area contributed by atoms with Crippen LogP contribution in [0.15, 0.2) is 66.7 Å². The lowest BCUT2D eigenvalue weighted by atomic mass is 9.99. The number of benzene rings is 2. The van der Waals surface area contributed by atoms with Crippen LogP contribution in [0.5, 0.6) is 5.75 Å². The molecule has 2 aromatic carbocycles. The smallest absolute Gasteiger partial charge is 0.264 e. The number of carbonyl (C=O) groups is 1. The van der Waals surface area contributed by atoms with Crippen molar-refractivity contribution in [1.82, 2.24) is 4.90 Å². The second kappa shape index (κ2) is 6.71. The number of nitrogens with zero attached hydrogens (tertiary/aromatic N) is 1. The number of thiophene rings is 1. The van der Waals surface area contributed by atoms with Gasteiger partial charge in [-0.1, -0.05) is 48.5 Å². The van der Waals surface area contributed by atoms with Crippen molar-refractivity contribution < 1.29 is 9.53 Å². The average Bonchev–Trinajstić information content (AvgIpc) is 3.19. The molecule has 0 saturated heterocycles. The van der Waals surface area contributed by atoms with Crippen molar-refractivity contribution >= 4 is 22.8 Å². The molecule has 27 heavy (non-hydrogen) atoms. The minimum Gasteiger partial charge on any atom is -0.488 e. The predicted molar refractivity (Wildman–Crippen MR) is 109 cm³/mol. The highest BCUT2D eigenvalue weighted by atomic mass is 32.1. The number of rotatable bonds is 2. The summed E-state index contributed by atoms with van der Waals surface area (Å²) in [7, 11) is 0. The fraction of sp³-hybridized carbons (Fsp3) is 0.174. The maximum atomic E-state index is 13.0. The zero-order valence-electron chi connectivity index (χ0n) is 14.9. The summed E-state index contributed by atoms with van der Waals surface area (Å²) in [5, 5.41) is 0. The van der Waals surface area contributed by atoms with Crippen LogP contribution in [-0.4, -0.2) is 23.9 Å². The van der Waals surface area contributed by atoms with Gasteiger partial charge in [-0.15, -0.1) is 11.3 Å². The number of fused-ring (bicyclic) bond motifs is 3. The van der Waals surface area contributed by atoms with Crippen molar-refractivity contribution in [3.63, 3.8) is 0 Å². The predicted octanol–water partition coefficient (Wildman–Crippen LogP) is 5.24. The number of hydrogen-bond acceptors (Lipinski definition) is 3. The van der Waals surface area contributed by atoms with Gasteiger partial charge in [0.1, 0.15) is 12.4 Å². The second-order valence-electron chi connectivity index (χ2n) is 6.85. The molecule has 3 nitrogen and oxygen atoms in total. The highest BCUT2D eigenvalue weighted by Gasteiger charge is 2.25. The van der Waals surface area contributed by atoms with E-state index in [1.807, 2.05) is 35.2 Å². The minimum absolute atomic E-state index is 0.121. The molecule has 2 aliphatic heterocycles. The Labute approximate surface area is 162 Å². The third-order valence-electron chi connectivity index (χ3n) is 5.18. The molecule has 5 rings (SSSR count). The number of para-hydroxylation sites is 1. The normalized spacial score (nSPS) is 15.4. The molecule has 0 bridgehead atoms. The monoisotopic (exact) mass is 373 g/mol. The zero-order valence-corrected chi connectivity index (χ0v) is 15.7. The van der Waals surface area contributed by atoms with Gasteiger partial charge in [-0.05, 0) is 35.8 Å². The van der Waals surface area contributed by atoms with E-state index in [0.717, 1.165) is 39.6 Å². The SMILES string of the molecule is O=C(c1cc2c(s1)-c1ccccc1OC2)N1CC=C(c2ccccc2)CC1. The van der Waals surface area contributed by atoms with Gasteiger partial charge in [0.15, 0.2) is 0 Å². The van der Waals surface area contributed by atoms with Crippen molar-refractivity contribution in [2.45, 2.75) is 13.0 Å². The minimum atomic E-state index is 0.121. The summed E-state index contributed by atoms with van der Waals surface area (Å²) in [4.78, 5) is 16.9. The van der Waals surface area contributed by atoms with Gasteiger partial charge >= 0.3 is 0 Å². The Kier molecular flexibility index (Phi) is 4.06. The molecule has 0 spiro atoms. The number of amides is 1. The van der Waals surface area contributed by atoms with Crippen LogP contribution in [-0.2, 0) is 6.61 Å². The molecule has 1 amide bonds. The third-order valence-corrected chi connectivity index (χ3v) is 6.37. The fourth-order valence-corrected chi connectivity index (χ4v) is 4.89. The van der Waals surface area contributed by atoms with Crippen molar-refractivity contribution in [3.8, 4) is 16.2 Å². The van der Waals surface area contributed by atoms with E-state index < -0.39 is 0 Å². The first-order valence-corrected chi connectivity index (χ1v) is 10.00. The number of hydrogen-bond donors (Lipinski definition) is 0. The fourth-order valence-electron chi connectivity index (χ4n) is 3.73. The molecule has 0 N–H and O–H groups in total. The summed E-state index contributed by atoms with van der Waals surface area (Å²) >= 11 is 1.59. The highest BCUT2D eigenvalue weighted by Crippen LogP contribution is 2.42. The van der Waals surface area contributed by atoms with E-state index >= 15 is 0 Å². The first-order chi connectivity index (χ1) is 13.3. The van der Waals surface area contributed by atoms with Crippen LogP contribution >= 0.6 is 11.3 Å². The molecule has 0 aliphatic carbocycles. The van der Waals surface area contributed by atoms with E-state index in [1.54, 1.807) is 11.3 Å². The van der Waals surface area contributed by atoms with Crippen LogP contribution in [0.2, 0.25) is 0 Å². The Bertz CT molecular complexity index is 1040. The summed E-state index contributed by atoms with van der Waals surface area (Å²) in [5.41, 5.74) is 4.78. The van der Waals surface area contributed by atoms with E-state index in [4.69, 9.17) is 4.74 Å². The summed E-state index contributed by atoms with van der Waals surface area (Å²) in [6.45, 7) is 1.96. The van der Waals surface area contributed by atoms with E-state index in [1.165, 1.54) is 11.1 Å². The molecule has 0 fully saturated rings. The lowest BCUT2D eigenvalue weighted by Crippen LogP contribution is -2.34. The lowest BCUT2D eigenvalue weighted by Gasteiger charge is -2.26. The Hall–Kier alpha value is -2.85. The summed E-state index contributed by atoms with van der Waals surface area (Å²) in [5.74, 6) is 1.02. The summed E-state index contributed by atoms with van der Waals surface area (Å²) in [6.07, 6.45) is 3.08. The van der Waals surface area contributed by atoms with Crippen LogP contribution in [0.4, 0.5) is 0 Å². The molecule has 2 aliphatic rings. The van der Waals surface area contributed by atoms with Crippen molar-refractivity contribution in [3.05, 3.63) is 82.7 Å². The lowest BCUT2D eigenvalue weighted by molar-refractivity contribution is 0.0777. The molecular formula is C23H19NO2S. The molecule has 0 saturated carbocycles. The third kappa shape index (κ3) is 2.96. The Balaban J connectivity index is 1.38. The van der Waals surface area contributed by atoms with E-state index in [-0.39, 0.29) is 5.91 Å². The van der Waals surface area contributed by atoms with Crippen LogP contribution in [0.25, 0.3) is 16.0 Å². The Morgan fingerprint density at radius 3 is 2.67 bits per heavy atom. The van der Waals surface area contributed by atoms with Crippen LogP contribution in [0.1, 0.15) is 27.2 Å². The maximum Gasteiger partial charge on any atom is 0.264 e. The molecule has 0 radical (unpaired) electrons. The Morgan fingerprint density at radius 2 is 1.85 bits per heavy atom. The first-order valence-electron chi connectivity index (χ1n) is 9.18. The topological polar surface area (TPSA) is 29.5 Å². The molecule has 1 aromatic heterocycles. The summed E-state index contributed by atoms with van der Waals surface area (Å²) in [6, 6.07) is 20.5.